The minimum atomic E-state index is -0.617. The average molecular weight is 434 g/mol. The molecule has 0 saturated heterocycles. The van der Waals surface area contributed by atoms with Gasteiger partial charge in [-0.05, 0) is 52.6 Å². The van der Waals surface area contributed by atoms with Gasteiger partial charge in [-0.25, -0.2) is 0 Å². The van der Waals surface area contributed by atoms with E-state index in [1.807, 2.05) is 78.9 Å². The molecule has 4 aromatic rings. The zero-order valence-corrected chi connectivity index (χ0v) is 18.0. The third-order valence-corrected chi connectivity index (χ3v) is 5.39. The Balaban J connectivity index is 1.44. The number of hydrogen-bond donors (Lipinski definition) is 1. The number of aldehydes is 1. The van der Waals surface area contributed by atoms with Crippen LogP contribution in [0.3, 0.4) is 0 Å². The van der Waals surface area contributed by atoms with Gasteiger partial charge in [0.15, 0.2) is 5.78 Å². The molecule has 0 aliphatic rings. The van der Waals surface area contributed by atoms with Gasteiger partial charge in [0.05, 0.1) is 6.04 Å². The van der Waals surface area contributed by atoms with Crippen LogP contribution in [0.5, 0.6) is 0 Å². The molecule has 1 N–H and O–H groups in total. The molecule has 0 unspecified atom stereocenters. The van der Waals surface area contributed by atoms with E-state index in [-0.39, 0.29) is 11.7 Å². The summed E-state index contributed by atoms with van der Waals surface area (Å²) in [6.07, 6.45) is 4.37. The first kappa shape index (κ1) is 21.9. The topological polar surface area (TPSA) is 63.2 Å². The maximum absolute atomic E-state index is 12.7. The first-order valence-electron chi connectivity index (χ1n) is 10.7. The largest absolute Gasteiger partial charge is 0.342 e. The van der Waals surface area contributed by atoms with Crippen molar-refractivity contribution >= 4 is 34.8 Å². The average Bonchev–Trinajstić information content (AvgIpc) is 2.87. The van der Waals surface area contributed by atoms with E-state index in [1.54, 1.807) is 24.3 Å². The lowest BCUT2D eigenvalue weighted by Crippen LogP contribution is -2.37. The van der Waals surface area contributed by atoms with Crippen molar-refractivity contribution in [3.05, 3.63) is 125 Å². The van der Waals surface area contributed by atoms with Crippen molar-refractivity contribution in [1.82, 2.24) is 5.32 Å². The Hall–Kier alpha value is -4.31. The fourth-order valence-corrected chi connectivity index (χ4v) is 3.65. The SMILES string of the molecule is O=C[C@H](Cc1ccccc1)NC(=O)c1cccc(C=CC(=O)c2ccc3ccccc3c2)c1. The third-order valence-electron chi connectivity index (χ3n) is 5.39. The Bertz CT molecular complexity index is 1330. The number of allylic oxidation sites excluding steroid dienone is 1. The van der Waals surface area contributed by atoms with Gasteiger partial charge in [0.25, 0.3) is 5.91 Å². The Labute approximate surface area is 192 Å². The van der Waals surface area contributed by atoms with E-state index in [0.717, 1.165) is 28.2 Å². The molecular formula is C29H23NO3. The van der Waals surface area contributed by atoms with Crippen molar-refractivity contribution in [3.8, 4) is 0 Å². The third kappa shape index (κ3) is 5.69. The summed E-state index contributed by atoms with van der Waals surface area (Å²) in [5.74, 6) is -0.446. The van der Waals surface area contributed by atoms with E-state index in [0.29, 0.717) is 17.5 Å². The van der Waals surface area contributed by atoms with Gasteiger partial charge >= 0.3 is 0 Å². The van der Waals surface area contributed by atoms with Gasteiger partial charge in [0.1, 0.15) is 6.29 Å². The molecule has 0 aliphatic carbocycles. The van der Waals surface area contributed by atoms with Crippen molar-refractivity contribution in [2.45, 2.75) is 12.5 Å². The van der Waals surface area contributed by atoms with E-state index < -0.39 is 6.04 Å². The highest BCUT2D eigenvalue weighted by Gasteiger charge is 2.14. The molecule has 0 bridgehead atoms. The molecular weight excluding hydrogens is 410 g/mol. The van der Waals surface area contributed by atoms with Gasteiger partial charge in [-0.3, -0.25) is 9.59 Å². The Morgan fingerprint density at radius 2 is 1.52 bits per heavy atom. The smallest absolute Gasteiger partial charge is 0.251 e. The van der Waals surface area contributed by atoms with Crippen molar-refractivity contribution in [3.63, 3.8) is 0 Å². The van der Waals surface area contributed by atoms with Crippen molar-refractivity contribution in [2.24, 2.45) is 0 Å². The number of nitrogens with one attached hydrogen (secondary N) is 1. The highest BCUT2D eigenvalue weighted by molar-refractivity contribution is 6.08. The molecule has 4 rings (SSSR count). The Morgan fingerprint density at radius 3 is 2.30 bits per heavy atom. The molecule has 4 heteroatoms. The molecule has 0 fully saturated rings. The number of hydrogen-bond acceptors (Lipinski definition) is 3. The summed E-state index contributed by atoms with van der Waals surface area (Å²) < 4.78 is 0. The van der Waals surface area contributed by atoms with Crippen LogP contribution in [0, 0.1) is 0 Å². The summed E-state index contributed by atoms with van der Waals surface area (Å²) in [6.45, 7) is 0. The van der Waals surface area contributed by atoms with Crippen LogP contribution in [-0.2, 0) is 11.2 Å². The highest BCUT2D eigenvalue weighted by atomic mass is 16.2. The van der Waals surface area contributed by atoms with Gasteiger partial charge in [0.2, 0.25) is 0 Å². The lowest BCUT2D eigenvalue weighted by atomic mass is 10.0. The second-order valence-corrected chi connectivity index (χ2v) is 7.79. The van der Waals surface area contributed by atoms with Crippen LogP contribution in [-0.4, -0.2) is 24.0 Å². The standard InChI is InChI=1S/C29H23NO3/c31-20-27(18-21-7-2-1-3-8-21)30-29(33)26-12-6-9-22(17-26)13-16-28(32)25-15-14-23-10-4-5-11-24(23)19-25/h1-17,19-20,27H,18H2,(H,30,33)/t27-/m0/s1. The quantitative estimate of drug-likeness (QED) is 0.234. The zero-order chi connectivity index (χ0) is 23.0. The lowest BCUT2D eigenvalue weighted by molar-refractivity contribution is -0.109. The molecule has 1 atom stereocenters. The van der Waals surface area contributed by atoms with E-state index >= 15 is 0 Å². The summed E-state index contributed by atoms with van der Waals surface area (Å²) >= 11 is 0. The molecule has 0 radical (unpaired) electrons. The van der Waals surface area contributed by atoms with Gasteiger partial charge in [-0.2, -0.15) is 0 Å². The highest BCUT2D eigenvalue weighted by Crippen LogP contribution is 2.17. The molecule has 0 aromatic heterocycles. The van der Waals surface area contributed by atoms with Gasteiger partial charge < -0.3 is 10.1 Å². The van der Waals surface area contributed by atoms with Crippen LogP contribution in [0.1, 0.15) is 31.8 Å². The van der Waals surface area contributed by atoms with Crippen LogP contribution in [0.4, 0.5) is 0 Å². The first-order chi connectivity index (χ1) is 16.1. The van der Waals surface area contributed by atoms with Crippen LogP contribution >= 0.6 is 0 Å². The minimum Gasteiger partial charge on any atom is -0.342 e. The van der Waals surface area contributed by atoms with Crippen LogP contribution < -0.4 is 5.32 Å². The van der Waals surface area contributed by atoms with E-state index in [2.05, 4.69) is 5.32 Å². The van der Waals surface area contributed by atoms with Gasteiger partial charge in [-0.15, -0.1) is 0 Å². The summed E-state index contributed by atoms with van der Waals surface area (Å²) in [6, 6.07) is 29.4. The zero-order valence-electron chi connectivity index (χ0n) is 18.0. The molecule has 4 aromatic carbocycles. The fraction of sp³-hybridized carbons (Fsp3) is 0.0690. The number of rotatable bonds is 8. The molecule has 0 aliphatic heterocycles. The van der Waals surface area contributed by atoms with Crippen LogP contribution in [0.25, 0.3) is 16.8 Å². The summed E-state index contributed by atoms with van der Waals surface area (Å²) in [5, 5.41) is 4.86. The fourth-order valence-electron chi connectivity index (χ4n) is 3.65. The number of fused-ring (bicyclic) bond motifs is 1. The van der Waals surface area contributed by atoms with E-state index in [9.17, 15) is 14.4 Å². The van der Waals surface area contributed by atoms with E-state index in [4.69, 9.17) is 0 Å². The van der Waals surface area contributed by atoms with Crippen LogP contribution in [0.2, 0.25) is 0 Å². The summed E-state index contributed by atoms with van der Waals surface area (Å²) in [5.41, 5.74) is 2.73. The van der Waals surface area contributed by atoms with Crippen molar-refractivity contribution in [1.29, 1.82) is 0 Å². The number of amides is 1. The lowest BCUT2D eigenvalue weighted by Gasteiger charge is -2.13. The predicted molar refractivity (Wildman–Crippen MR) is 131 cm³/mol. The Morgan fingerprint density at radius 1 is 0.758 bits per heavy atom. The second kappa shape index (κ2) is 10.3. The van der Waals surface area contributed by atoms with Crippen molar-refractivity contribution in [2.75, 3.05) is 0 Å². The summed E-state index contributed by atoms with van der Waals surface area (Å²) in [7, 11) is 0. The first-order valence-corrected chi connectivity index (χ1v) is 10.7. The Kier molecular flexibility index (Phi) is 6.86. The monoisotopic (exact) mass is 433 g/mol. The normalized spacial score (nSPS) is 11.9. The predicted octanol–water partition coefficient (Wildman–Crippen LogP) is 5.28. The van der Waals surface area contributed by atoms with Gasteiger partial charge in [-0.1, -0.05) is 84.9 Å². The molecule has 33 heavy (non-hydrogen) atoms. The molecule has 1 amide bonds. The second-order valence-electron chi connectivity index (χ2n) is 7.79. The molecule has 0 heterocycles. The molecule has 0 spiro atoms. The minimum absolute atomic E-state index is 0.112. The van der Waals surface area contributed by atoms with Gasteiger partial charge in [0, 0.05) is 11.1 Å². The maximum Gasteiger partial charge on any atom is 0.251 e. The molecule has 162 valence electrons. The molecule has 4 nitrogen and oxygen atoms in total. The summed E-state index contributed by atoms with van der Waals surface area (Å²) in [4.78, 5) is 36.8. The van der Waals surface area contributed by atoms with E-state index in [1.165, 1.54) is 6.08 Å². The number of carbonyl (C=O) groups is 3. The van der Waals surface area contributed by atoms with Crippen LogP contribution in [0.15, 0.2) is 103 Å². The number of carbonyl (C=O) groups excluding carboxylic acids is 3. The van der Waals surface area contributed by atoms with Crippen molar-refractivity contribution < 1.29 is 14.4 Å². The maximum atomic E-state index is 12.7. The number of benzene rings is 4. The molecule has 0 saturated carbocycles. The number of ketones is 1.